The second-order valence-corrected chi connectivity index (χ2v) is 10.1. The van der Waals surface area contributed by atoms with Crippen LogP contribution in [0.5, 0.6) is 5.75 Å². The van der Waals surface area contributed by atoms with Gasteiger partial charge < -0.3 is 14.7 Å². The molecule has 2 fully saturated rings. The number of methoxy groups -OCH3 is 1. The average Bonchev–Trinajstić information content (AvgIpc) is 2.86. The van der Waals surface area contributed by atoms with Gasteiger partial charge in [-0.25, -0.2) is 0 Å². The SMILES string of the molecule is COc1ccc(C(CCN2CCN(Cc3ccc(C(F)(F)F)cc3)CC2)C2(O)CCCCC2)cc1. The second kappa shape index (κ2) is 11.3. The summed E-state index contributed by atoms with van der Waals surface area (Å²) in [6.45, 7) is 5.22. The first kappa shape index (κ1) is 26.0. The summed E-state index contributed by atoms with van der Waals surface area (Å²) in [5.74, 6) is 0.922. The lowest BCUT2D eigenvalue weighted by atomic mass is 9.71. The van der Waals surface area contributed by atoms with Gasteiger partial charge in [-0.15, -0.1) is 0 Å². The Bertz CT molecular complexity index is 917. The fraction of sp³-hybridized carbons (Fsp3) is 0.571. The molecule has 0 spiro atoms. The van der Waals surface area contributed by atoms with Gasteiger partial charge in [0.15, 0.2) is 0 Å². The van der Waals surface area contributed by atoms with Crippen LogP contribution in [0.3, 0.4) is 0 Å². The minimum atomic E-state index is -4.29. The number of benzene rings is 2. The molecule has 2 aromatic carbocycles. The van der Waals surface area contributed by atoms with Crippen molar-refractivity contribution in [2.75, 3.05) is 39.8 Å². The molecule has 1 aliphatic carbocycles. The largest absolute Gasteiger partial charge is 0.497 e. The predicted octanol–water partition coefficient (Wildman–Crippen LogP) is 5.70. The molecule has 7 heteroatoms. The highest BCUT2D eigenvalue weighted by molar-refractivity contribution is 5.31. The Hall–Kier alpha value is -2.09. The topological polar surface area (TPSA) is 35.9 Å². The number of piperazine rings is 1. The fourth-order valence-electron chi connectivity index (χ4n) is 5.63. The van der Waals surface area contributed by atoms with Gasteiger partial charge in [-0.3, -0.25) is 4.90 Å². The number of halogens is 3. The van der Waals surface area contributed by atoms with Crippen LogP contribution in [-0.2, 0) is 12.7 Å². The zero-order valence-corrected chi connectivity index (χ0v) is 20.6. The van der Waals surface area contributed by atoms with E-state index in [-0.39, 0.29) is 5.92 Å². The zero-order chi connectivity index (χ0) is 24.9. The van der Waals surface area contributed by atoms with Crippen LogP contribution in [0.4, 0.5) is 13.2 Å². The van der Waals surface area contributed by atoms with Crippen molar-refractivity contribution in [3.63, 3.8) is 0 Å². The van der Waals surface area contributed by atoms with E-state index in [9.17, 15) is 18.3 Å². The number of hydrogen-bond acceptors (Lipinski definition) is 4. The number of alkyl halides is 3. The zero-order valence-electron chi connectivity index (χ0n) is 20.6. The predicted molar refractivity (Wildman–Crippen MR) is 132 cm³/mol. The molecule has 1 saturated carbocycles. The molecule has 1 saturated heterocycles. The molecular formula is C28H37F3N2O2. The highest BCUT2D eigenvalue weighted by atomic mass is 19.4. The Labute approximate surface area is 206 Å². The summed E-state index contributed by atoms with van der Waals surface area (Å²) in [5, 5.41) is 11.6. The van der Waals surface area contributed by atoms with E-state index in [0.29, 0.717) is 6.54 Å². The number of ether oxygens (including phenoxy) is 1. The monoisotopic (exact) mass is 490 g/mol. The van der Waals surface area contributed by atoms with Crippen LogP contribution < -0.4 is 4.74 Å². The van der Waals surface area contributed by atoms with Gasteiger partial charge in [0.1, 0.15) is 5.75 Å². The van der Waals surface area contributed by atoms with Gasteiger partial charge in [0, 0.05) is 38.6 Å². The Morgan fingerprint density at radius 2 is 1.49 bits per heavy atom. The summed E-state index contributed by atoms with van der Waals surface area (Å²) in [7, 11) is 1.67. The molecule has 1 unspecified atom stereocenters. The Kier molecular flexibility index (Phi) is 8.40. The van der Waals surface area contributed by atoms with Gasteiger partial charge >= 0.3 is 6.18 Å². The first-order chi connectivity index (χ1) is 16.8. The highest BCUT2D eigenvalue weighted by Gasteiger charge is 2.38. The van der Waals surface area contributed by atoms with Gasteiger partial charge in [-0.2, -0.15) is 13.2 Å². The van der Waals surface area contributed by atoms with E-state index in [1.54, 1.807) is 19.2 Å². The second-order valence-electron chi connectivity index (χ2n) is 10.1. The maximum absolute atomic E-state index is 12.8. The first-order valence-electron chi connectivity index (χ1n) is 12.7. The van der Waals surface area contributed by atoms with Crippen molar-refractivity contribution in [3.8, 4) is 5.75 Å². The van der Waals surface area contributed by atoms with E-state index >= 15 is 0 Å². The Morgan fingerprint density at radius 1 is 0.886 bits per heavy atom. The lowest BCUT2D eigenvalue weighted by Crippen LogP contribution is -2.47. The summed E-state index contributed by atoms with van der Waals surface area (Å²) in [4.78, 5) is 4.75. The normalized spacial score (nSPS) is 20.5. The maximum atomic E-state index is 12.8. The van der Waals surface area contributed by atoms with Gasteiger partial charge in [0.05, 0.1) is 18.3 Å². The molecule has 0 amide bonds. The maximum Gasteiger partial charge on any atom is 0.416 e. The lowest BCUT2D eigenvalue weighted by molar-refractivity contribution is -0.137. The van der Waals surface area contributed by atoms with Crippen molar-refractivity contribution < 1.29 is 23.0 Å². The summed E-state index contributed by atoms with van der Waals surface area (Å²) in [6.07, 6.45) is 1.66. The number of aliphatic hydroxyl groups is 1. The van der Waals surface area contributed by atoms with Crippen molar-refractivity contribution in [1.29, 1.82) is 0 Å². The molecule has 1 N–H and O–H groups in total. The smallest absolute Gasteiger partial charge is 0.416 e. The quantitative estimate of drug-likeness (QED) is 0.515. The summed E-state index contributed by atoms with van der Waals surface area (Å²) >= 11 is 0. The van der Waals surface area contributed by atoms with E-state index < -0.39 is 17.3 Å². The van der Waals surface area contributed by atoms with Crippen molar-refractivity contribution in [3.05, 3.63) is 65.2 Å². The van der Waals surface area contributed by atoms with Gasteiger partial charge in [0.25, 0.3) is 0 Å². The van der Waals surface area contributed by atoms with E-state index in [0.717, 1.165) is 76.1 Å². The van der Waals surface area contributed by atoms with Crippen LogP contribution in [-0.4, -0.2) is 60.3 Å². The van der Waals surface area contributed by atoms with Crippen molar-refractivity contribution in [2.45, 2.75) is 62.8 Å². The number of hydrogen-bond donors (Lipinski definition) is 1. The minimum absolute atomic E-state index is 0.0962. The van der Waals surface area contributed by atoms with Gasteiger partial charge in [0.2, 0.25) is 0 Å². The Balaban J connectivity index is 1.32. The minimum Gasteiger partial charge on any atom is -0.497 e. The van der Waals surface area contributed by atoms with E-state index in [1.807, 2.05) is 12.1 Å². The van der Waals surface area contributed by atoms with Crippen molar-refractivity contribution in [1.82, 2.24) is 9.80 Å². The summed E-state index contributed by atoms with van der Waals surface area (Å²) in [6, 6.07) is 13.7. The third-order valence-electron chi connectivity index (χ3n) is 7.77. The van der Waals surface area contributed by atoms with Crippen LogP contribution in [0, 0.1) is 0 Å². The molecule has 1 heterocycles. The molecule has 4 rings (SSSR count). The molecule has 2 aromatic rings. The third-order valence-corrected chi connectivity index (χ3v) is 7.77. The number of rotatable bonds is 8. The molecule has 1 atom stereocenters. The summed E-state index contributed by atoms with van der Waals surface area (Å²) in [5.41, 5.74) is 0.829. The standard InChI is InChI=1S/C28H37F3N2O2/c1-35-25-11-7-23(8-12-25)26(27(34)14-3-2-4-15-27)13-16-32-17-19-33(20-18-32)21-22-5-9-24(10-6-22)28(29,30)31/h5-12,26,34H,2-4,13-21H2,1H3. The Morgan fingerprint density at radius 3 is 2.06 bits per heavy atom. The van der Waals surface area contributed by atoms with E-state index in [4.69, 9.17) is 4.74 Å². The molecule has 0 bridgehead atoms. The van der Waals surface area contributed by atoms with Crippen molar-refractivity contribution >= 4 is 0 Å². The van der Waals surface area contributed by atoms with E-state index in [1.165, 1.54) is 24.1 Å². The molecule has 192 valence electrons. The first-order valence-corrected chi connectivity index (χ1v) is 12.7. The third kappa shape index (κ3) is 6.78. The number of nitrogens with zero attached hydrogens (tertiary/aromatic N) is 2. The van der Waals surface area contributed by atoms with Crippen LogP contribution >= 0.6 is 0 Å². The molecule has 0 radical (unpaired) electrons. The molecule has 35 heavy (non-hydrogen) atoms. The molecular weight excluding hydrogens is 453 g/mol. The summed E-state index contributed by atoms with van der Waals surface area (Å²) < 4.78 is 43.7. The van der Waals surface area contributed by atoms with Gasteiger partial charge in [-0.1, -0.05) is 43.5 Å². The molecule has 4 nitrogen and oxygen atoms in total. The lowest BCUT2D eigenvalue weighted by Gasteiger charge is -2.41. The van der Waals surface area contributed by atoms with Crippen LogP contribution in [0.1, 0.15) is 61.1 Å². The van der Waals surface area contributed by atoms with Crippen LogP contribution in [0.25, 0.3) is 0 Å². The van der Waals surface area contributed by atoms with Crippen molar-refractivity contribution in [2.24, 2.45) is 0 Å². The fourth-order valence-corrected chi connectivity index (χ4v) is 5.63. The van der Waals surface area contributed by atoms with E-state index in [2.05, 4.69) is 21.9 Å². The van der Waals surface area contributed by atoms with Crippen LogP contribution in [0.15, 0.2) is 48.5 Å². The highest BCUT2D eigenvalue weighted by Crippen LogP contribution is 2.42. The van der Waals surface area contributed by atoms with Crippen LogP contribution in [0.2, 0.25) is 0 Å². The average molecular weight is 491 g/mol. The molecule has 2 aliphatic rings. The van der Waals surface area contributed by atoms with Gasteiger partial charge in [-0.05, 0) is 61.2 Å². The molecule has 1 aliphatic heterocycles. The molecule has 0 aromatic heterocycles.